The molecule has 1 fully saturated rings. The van der Waals surface area contributed by atoms with Gasteiger partial charge in [-0.05, 0) is 25.3 Å². The molecule has 0 radical (unpaired) electrons. The molecule has 1 saturated heterocycles. The van der Waals surface area contributed by atoms with Crippen LogP contribution in [0.3, 0.4) is 0 Å². The number of hydrogen-bond acceptors (Lipinski definition) is 3. The molecule has 6 heteroatoms. The van der Waals surface area contributed by atoms with Crippen LogP contribution in [0.25, 0.3) is 0 Å². The summed E-state index contributed by atoms with van der Waals surface area (Å²) in [5.41, 5.74) is 1.43. The molecule has 2 amide bonds. The van der Waals surface area contributed by atoms with Gasteiger partial charge in [-0.2, -0.15) is 5.10 Å². The van der Waals surface area contributed by atoms with E-state index in [0.717, 1.165) is 12.1 Å². The van der Waals surface area contributed by atoms with E-state index in [-0.39, 0.29) is 11.8 Å². The van der Waals surface area contributed by atoms with E-state index in [1.807, 2.05) is 13.0 Å². The number of rotatable bonds is 4. The van der Waals surface area contributed by atoms with E-state index >= 15 is 0 Å². The van der Waals surface area contributed by atoms with Crippen LogP contribution in [0.5, 0.6) is 0 Å². The Kier molecular flexibility index (Phi) is 4.98. The highest BCUT2D eigenvalue weighted by molar-refractivity contribution is 5.93. The minimum absolute atomic E-state index is 0.0907. The summed E-state index contributed by atoms with van der Waals surface area (Å²) < 4.78 is 0. The van der Waals surface area contributed by atoms with Gasteiger partial charge in [0.25, 0.3) is 5.91 Å². The zero-order valence-electron chi connectivity index (χ0n) is 13.1. The third-order valence-electron chi connectivity index (χ3n) is 3.74. The SMILES string of the molecule is CCN1CCN(C(=O)c2cc(CC(C)C)[nH]n2)CCC1=O. The number of nitrogens with one attached hydrogen (secondary N) is 1. The monoisotopic (exact) mass is 292 g/mol. The molecule has 2 rings (SSSR count). The Morgan fingerprint density at radius 2 is 2.14 bits per heavy atom. The van der Waals surface area contributed by atoms with E-state index in [0.29, 0.717) is 44.2 Å². The predicted molar refractivity (Wildman–Crippen MR) is 79.9 cm³/mol. The highest BCUT2D eigenvalue weighted by Gasteiger charge is 2.25. The fourth-order valence-corrected chi connectivity index (χ4v) is 2.58. The number of carbonyl (C=O) groups is 2. The molecule has 1 N–H and O–H groups in total. The van der Waals surface area contributed by atoms with Crippen LogP contribution in [0.1, 0.15) is 43.4 Å². The summed E-state index contributed by atoms with van der Waals surface area (Å²) in [6, 6.07) is 1.83. The van der Waals surface area contributed by atoms with Crippen molar-refractivity contribution in [1.82, 2.24) is 20.0 Å². The van der Waals surface area contributed by atoms with Crippen molar-refractivity contribution in [2.75, 3.05) is 26.2 Å². The number of likely N-dealkylation sites (N-methyl/N-ethyl adjacent to an activating group) is 1. The Hall–Kier alpha value is -1.85. The van der Waals surface area contributed by atoms with E-state index < -0.39 is 0 Å². The smallest absolute Gasteiger partial charge is 0.274 e. The van der Waals surface area contributed by atoms with Crippen molar-refractivity contribution >= 4 is 11.8 Å². The minimum Gasteiger partial charge on any atom is -0.341 e. The van der Waals surface area contributed by atoms with E-state index in [1.165, 1.54) is 0 Å². The zero-order valence-corrected chi connectivity index (χ0v) is 13.1. The third-order valence-corrected chi connectivity index (χ3v) is 3.74. The van der Waals surface area contributed by atoms with E-state index in [4.69, 9.17) is 0 Å². The van der Waals surface area contributed by atoms with Gasteiger partial charge in [-0.25, -0.2) is 0 Å². The molecule has 1 aliphatic rings. The van der Waals surface area contributed by atoms with Gasteiger partial charge in [0.15, 0.2) is 0 Å². The normalized spacial score (nSPS) is 16.5. The van der Waals surface area contributed by atoms with Crippen molar-refractivity contribution < 1.29 is 9.59 Å². The van der Waals surface area contributed by atoms with Gasteiger partial charge in [0.1, 0.15) is 5.69 Å². The molecular formula is C15H24N4O2. The lowest BCUT2D eigenvalue weighted by molar-refractivity contribution is -0.130. The van der Waals surface area contributed by atoms with Gasteiger partial charge in [0.05, 0.1) is 0 Å². The first-order valence-electron chi connectivity index (χ1n) is 7.62. The van der Waals surface area contributed by atoms with Crippen LogP contribution in [0.2, 0.25) is 0 Å². The van der Waals surface area contributed by atoms with Gasteiger partial charge in [-0.15, -0.1) is 0 Å². The molecular weight excluding hydrogens is 268 g/mol. The average molecular weight is 292 g/mol. The van der Waals surface area contributed by atoms with Crippen LogP contribution in [-0.2, 0) is 11.2 Å². The van der Waals surface area contributed by atoms with E-state index in [1.54, 1.807) is 9.80 Å². The summed E-state index contributed by atoms with van der Waals surface area (Å²) in [4.78, 5) is 27.8. The molecule has 1 aromatic heterocycles. The highest BCUT2D eigenvalue weighted by atomic mass is 16.2. The Bertz CT molecular complexity index is 510. The van der Waals surface area contributed by atoms with Crippen molar-refractivity contribution in [3.63, 3.8) is 0 Å². The first-order chi connectivity index (χ1) is 10.0. The van der Waals surface area contributed by atoms with Crippen molar-refractivity contribution in [3.05, 3.63) is 17.5 Å². The molecule has 2 heterocycles. The number of aromatic amines is 1. The second-order valence-corrected chi connectivity index (χ2v) is 5.89. The van der Waals surface area contributed by atoms with Gasteiger partial charge >= 0.3 is 0 Å². The predicted octanol–water partition coefficient (Wildman–Crippen LogP) is 1.30. The fourth-order valence-electron chi connectivity index (χ4n) is 2.58. The summed E-state index contributed by atoms with van der Waals surface area (Å²) in [6.45, 7) is 8.56. The molecule has 0 saturated carbocycles. The summed E-state index contributed by atoms with van der Waals surface area (Å²) in [6.07, 6.45) is 1.27. The molecule has 6 nitrogen and oxygen atoms in total. The maximum Gasteiger partial charge on any atom is 0.274 e. The summed E-state index contributed by atoms with van der Waals surface area (Å²) in [5, 5.41) is 7.05. The fraction of sp³-hybridized carbons (Fsp3) is 0.667. The van der Waals surface area contributed by atoms with Crippen LogP contribution in [0.4, 0.5) is 0 Å². The molecule has 1 aliphatic heterocycles. The van der Waals surface area contributed by atoms with Gasteiger partial charge in [0.2, 0.25) is 5.91 Å². The molecule has 21 heavy (non-hydrogen) atoms. The molecule has 0 atom stereocenters. The Morgan fingerprint density at radius 3 is 2.81 bits per heavy atom. The lowest BCUT2D eigenvalue weighted by Gasteiger charge is -2.20. The van der Waals surface area contributed by atoms with Crippen molar-refractivity contribution in [2.45, 2.75) is 33.6 Å². The second-order valence-electron chi connectivity index (χ2n) is 5.89. The molecule has 1 aromatic rings. The maximum atomic E-state index is 12.5. The van der Waals surface area contributed by atoms with Gasteiger partial charge in [-0.3, -0.25) is 14.7 Å². The number of aromatic nitrogens is 2. The van der Waals surface area contributed by atoms with Crippen LogP contribution < -0.4 is 0 Å². The third kappa shape index (κ3) is 3.83. The number of carbonyl (C=O) groups excluding carboxylic acids is 2. The minimum atomic E-state index is -0.0907. The first kappa shape index (κ1) is 15.5. The van der Waals surface area contributed by atoms with Crippen molar-refractivity contribution in [3.8, 4) is 0 Å². The standard InChI is InChI=1S/C15H24N4O2/c1-4-18-7-8-19(6-5-14(18)20)15(21)13-10-12(16-17-13)9-11(2)3/h10-11H,4-9H2,1-3H3,(H,16,17). The Labute approximate surface area is 125 Å². The van der Waals surface area contributed by atoms with Crippen LogP contribution in [0, 0.1) is 5.92 Å². The second kappa shape index (κ2) is 6.74. The highest BCUT2D eigenvalue weighted by Crippen LogP contribution is 2.11. The molecule has 0 bridgehead atoms. The van der Waals surface area contributed by atoms with Gasteiger partial charge in [-0.1, -0.05) is 13.8 Å². The van der Waals surface area contributed by atoms with E-state index in [2.05, 4.69) is 24.0 Å². The number of H-pyrrole nitrogens is 1. The summed E-state index contributed by atoms with van der Waals surface area (Å²) in [7, 11) is 0. The molecule has 0 unspecified atom stereocenters. The molecule has 0 aliphatic carbocycles. The van der Waals surface area contributed by atoms with Crippen molar-refractivity contribution in [2.24, 2.45) is 5.92 Å². The van der Waals surface area contributed by atoms with Crippen LogP contribution in [0.15, 0.2) is 6.07 Å². The van der Waals surface area contributed by atoms with Gasteiger partial charge < -0.3 is 9.80 Å². The summed E-state index contributed by atoms with van der Waals surface area (Å²) in [5.74, 6) is 0.546. The Balaban J connectivity index is 2.02. The quantitative estimate of drug-likeness (QED) is 0.909. The topological polar surface area (TPSA) is 69.3 Å². The Morgan fingerprint density at radius 1 is 1.38 bits per heavy atom. The molecule has 0 aromatic carbocycles. The molecule has 0 spiro atoms. The zero-order chi connectivity index (χ0) is 15.4. The van der Waals surface area contributed by atoms with Crippen molar-refractivity contribution in [1.29, 1.82) is 0 Å². The lowest BCUT2D eigenvalue weighted by atomic mass is 10.1. The molecule has 116 valence electrons. The number of nitrogens with zero attached hydrogens (tertiary/aromatic N) is 3. The summed E-state index contributed by atoms with van der Waals surface area (Å²) >= 11 is 0. The number of hydrogen-bond donors (Lipinski definition) is 1. The van der Waals surface area contributed by atoms with Crippen LogP contribution in [-0.4, -0.2) is 58.0 Å². The maximum absolute atomic E-state index is 12.5. The van der Waals surface area contributed by atoms with Gasteiger partial charge in [0, 0.05) is 38.3 Å². The average Bonchev–Trinajstić information content (AvgIpc) is 2.80. The number of amides is 2. The van der Waals surface area contributed by atoms with Crippen LogP contribution >= 0.6 is 0 Å². The first-order valence-corrected chi connectivity index (χ1v) is 7.62. The lowest BCUT2D eigenvalue weighted by Crippen LogP contribution is -2.35. The largest absolute Gasteiger partial charge is 0.341 e. The van der Waals surface area contributed by atoms with E-state index in [9.17, 15) is 9.59 Å².